The molecule has 2 aromatic rings. The van der Waals surface area contributed by atoms with Crippen LogP contribution in [0.4, 0.5) is 0 Å². The number of carboxylic acids is 1. The van der Waals surface area contributed by atoms with Crippen LogP contribution in [-0.2, 0) is 4.79 Å². The maximum absolute atomic E-state index is 10.6. The number of imidazole rings is 1. The molecule has 0 amide bonds. The Labute approximate surface area is 109 Å². The second-order valence-electron chi connectivity index (χ2n) is 3.92. The summed E-state index contributed by atoms with van der Waals surface area (Å²) in [7, 11) is 0. The lowest BCUT2D eigenvalue weighted by molar-refractivity contribution is -0.133. The second-order valence-corrected chi connectivity index (χ2v) is 4.87. The van der Waals surface area contributed by atoms with Gasteiger partial charge in [0.15, 0.2) is 5.16 Å². The fourth-order valence-corrected chi connectivity index (χ4v) is 2.40. The van der Waals surface area contributed by atoms with Crippen molar-refractivity contribution in [2.45, 2.75) is 25.0 Å². The fraction of sp³-hybridized carbons (Fsp3) is 0.333. The van der Waals surface area contributed by atoms with Crippen LogP contribution in [0.15, 0.2) is 34.1 Å². The number of aliphatic carboxylic acids is 1. The number of furan rings is 1. The van der Waals surface area contributed by atoms with Crippen molar-refractivity contribution in [3.05, 3.63) is 36.0 Å². The van der Waals surface area contributed by atoms with E-state index in [1.807, 2.05) is 36.7 Å². The van der Waals surface area contributed by atoms with Crippen molar-refractivity contribution in [1.29, 1.82) is 0 Å². The van der Waals surface area contributed by atoms with Crippen LogP contribution in [0.25, 0.3) is 0 Å². The van der Waals surface area contributed by atoms with E-state index >= 15 is 0 Å². The summed E-state index contributed by atoms with van der Waals surface area (Å²) in [5, 5.41) is 9.37. The Hall–Kier alpha value is -1.69. The van der Waals surface area contributed by atoms with Crippen molar-refractivity contribution in [2.75, 3.05) is 5.75 Å². The van der Waals surface area contributed by atoms with Gasteiger partial charge in [-0.15, -0.1) is 0 Å². The van der Waals surface area contributed by atoms with E-state index in [0.29, 0.717) is 5.16 Å². The first-order valence-corrected chi connectivity index (χ1v) is 6.50. The summed E-state index contributed by atoms with van der Waals surface area (Å²) in [6.45, 7) is 3.88. The van der Waals surface area contributed by atoms with Gasteiger partial charge in [-0.3, -0.25) is 4.79 Å². The van der Waals surface area contributed by atoms with Gasteiger partial charge in [0.1, 0.15) is 11.5 Å². The van der Waals surface area contributed by atoms with Gasteiger partial charge in [-0.05, 0) is 26.0 Å². The molecule has 0 saturated carbocycles. The molecule has 0 radical (unpaired) electrons. The molecule has 18 heavy (non-hydrogen) atoms. The summed E-state index contributed by atoms with van der Waals surface area (Å²) in [4.78, 5) is 14.7. The van der Waals surface area contributed by atoms with E-state index in [1.54, 1.807) is 6.20 Å². The molecule has 0 aliphatic rings. The minimum atomic E-state index is -0.851. The first-order chi connectivity index (χ1) is 8.58. The van der Waals surface area contributed by atoms with E-state index in [2.05, 4.69) is 4.98 Å². The molecule has 96 valence electrons. The monoisotopic (exact) mass is 266 g/mol. The summed E-state index contributed by atoms with van der Waals surface area (Å²) in [6.07, 6.45) is 3.49. The molecule has 0 aliphatic carbocycles. The molecule has 2 aromatic heterocycles. The van der Waals surface area contributed by atoms with Crippen molar-refractivity contribution >= 4 is 17.7 Å². The zero-order valence-electron chi connectivity index (χ0n) is 10.2. The van der Waals surface area contributed by atoms with Crippen LogP contribution in [0.3, 0.4) is 0 Å². The van der Waals surface area contributed by atoms with Crippen molar-refractivity contribution in [3.63, 3.8) is 0 Å². The molecule has 1 N–H and O–H groups in total. The Morgan fingerprint density at radius 3 is 3.00 bits per heavy atom. The molecule has 0 bridgehead atoms. The number of aromatic nitrogens is 2. The third kappa shape index (κ3) is 2.76. The summed E-state index contributed by atoms with van der Waals surface area (Å²) >= 11 is 1.20. The topological polar surface area (TPSA) is 68.3 Å². The standard InChI is InChI=1S/C12H14N2O3S/c1-8-3-4-10(17-8)9(2)14-6-5-13-12(14)18-7-11(15)16/h3-6,9H,7H2,1-2H3,(H,15,16). The minimum absolute atomic E-state index is 0.000909. The van der Waals surface area contributed by atoms with Gasteiger partial charge < -0.3 is 14.1 Å². The Morgan fingerprint density at radius 2 is 2.39 bits per heavy atom. The number of carbonyl (C=O) groups is 1. The number of hydrogen-bond acceptors (Lipinski definition) is 4. The molecule has 2 rings (SSSR count). The van der Waals surface area contributed by atoms with Gasteiger partial charge in [0.2, 0.25) is 0 Å². The van der Waals surface area contributed by atoms with Crippen LogP contribution < -0.4 is 0 Å². The molecule has 1 unspecified atom stereocenters. The van der Waals surface area contributed by atoms with Crippen LogP contribution in [-0.4, -0.2) is 26.4 Å². The lowest BCUT2D eigenvalue weighted by atomic mass is 10.2. The van der Waals surface area contributed by atoms with E-state index < -0.39 is 5.97 Å². The molecular formula is C12H14N2O3S. The van der Waals surface area contributed by atoms with Crippen molar-refractivity contribution < 1.29 is 14.3 Å². The number of hydrogen-bond donors (Lipinski definition) is 1. The van der Waals surface area contributed by atoms with E-state index in [0.717, 1.165) is 11.5 Å². The summed E-state index contributed by atoms with van der Waals surface area (Å²) in [6, 6.07) is 3.83. The van der Waals surface area contributed by atoms with Crippen molar-refractivity contribution in [1.82, 2.24) is 9.55 Å². The van der Waals surface area contributed by atoms with Gasteiger partial charge in [0.05, 0.1) is 11.8 Å². The summed E-state index contributed by atoms with van der Waals surface area (Å²) < 4.78 is 7.48. The highest BCUT2D eigenvalue weighted by atomic mass is 32.2. The van der Waals surface area contributed by atoms with Crippen LogP contribution in [0.5, 0.6) is 0 Å². The molecule has 0 fully saturated rings. The molecule has 1 atom stereocenters. The largest absolute Gasteiger partial charge is 0.481 e. The number of carboxylic acid groups (broad SMARTS) is 1. The third-order valence-electron chi connectivity index (χ3n) is 2.55. The number of aryl methyl sites for hydroxylation is 1. The van der Waals surface area contributed by atoms with Gasteiger partial charge in [0, 0.05) is 12.4 Å². The molecule has 0 aromatic carbocycles. The number of rotatable bonds is 5. The number of thioether (sulfide) groups is 1. The van der Waals surface area contributed by atoms with Crippen LogP contribution in [0.1, 0.15) is 24.5 Å². The predicted molar refractivity (Wildman–Crippen MR) is 67.8 cm³/mol. The highest BCUT2D eigenvalue weighted by molar-refractivity contribution is 7.99. The van der Waals surface area contributed by atoms with E-state index in [4.69, 9.17) is 9.52 Å². The summed E-state index contributed by atoms with van der Waals surface area (Å²) in [5.41, 5.74) is 0. The number of nitrogens with zero attached hydrogens (tertiary/aromatic N) is 2. The van der Waals surface area contributed by atoms with Gasteiger partial charge in [-0.25, -0.2) is 4.98 Å². The van der Waals surface area contributed by atoms with Gasteiger partial charge in [-0.2, -0.15) is 0 Å². The first-order valence-electron chi connectivity index (χ1n) is 5.51. The molecular weight excluding hydrogens is 252 g/mol. The van der Waals surface area contributed by atoms with E-state index in [9.17, 15) is 4.79 Å². The highest BCUT2D eigenvalue weighted by Crippen LogP contribution is 2.25. The van der Waals surface area contributed by atoms with Gasteiger partial charge in [-0.1, -0.05) is 11.8 Å². The SMILES string of the molecule is Cc1ccc(C(C)n2ccnc2SCC(=O)O)o1. The normalized spacial score (nSPS) is 12.6. The first kappa shape index (κ1) is 12.8. The molecule has 0 spiro atoms. The Kier molecular flexibility index (Phi) is 3.76. The fourth-order valence-electron chi connectivity index (χ4n) is 1.65. The van der Waals surface area contributed by atoms with Gasteiger partial charge in [0.25, 0.3) is 0 Å². The molecule has 0 saturated heterocycles. The third-order valence-corrected chi connectivity index (χ3v) is 3.51. The Morgan fingerprint density at radius 1 is 1.61 bits per heavy atom. The molecule has 6 heteroatoms. The maximum Gasteiger partial charge on any atom is 0.313 e. The minimum Gasteiger partial charge on any atom is -0.481 e. The zero-order valence-corrected chi connectivity index (χ0v) is 11.0. The maximum atomic E-state index is 10.6. The predicted octanol–water partition coefficient (Wildman–Crippen LogP) is 2.57. The lowest BCUT2D eigenvalue weighted by Crippen LogP contribution is -2.07. The van der Waals surface area contributed by atoms with Crippen molar-refractivity contribution in [2.24, 2.45) is 0 Å². The molecule has 2 heterocycles. The lowest BCUT2D eigenvalue weighted by Gasteiger charge is -2.13. The Bertz CT molecular complexity index is 547. The molecule has 5 nitrogen and oxygen atoms in total. The van der Waals surface area contributed by atoms with Crippen molar-refractivity contribution in [3.8, 4) is 0 Å². The molecule has 0 aliphatic heterocycles. The average Bonchev–Trinajstić information content (AvgIpc) is 2.93. The smallest absolute Gasteiger partial charge is 0.313 e. The highest BCUT2D eigenvalue weighted by Gasteiger charge is 2.16. The van der Waals surface area contributed by atoms with Crippen LogP contribution in [0, 0.1) is 6.92 Å². The van der Waals surface area contributed by atoms with Crippen LogP contribution >= 0.6 is 11.8 Å². The van der Waals surface area contributed by atoms with Gasteiger partial charge >= 0.3 is 5.97 Å². The van der Waals surface area contributed by atoms with E-state index in [-0.39, 0.29) is 11.8 Å². The average molecular weight is 266 g/mol. The Balaban J connectivity index is 2.17. The summed E-state index contributed by atoms with van der Waals surface area (Å²) in [5.74, 6) is 0.844. The zero-order chi connectivity index (χ0) is 13.1. The quantitative estimate of drug-likeness (QED) is 0.842. The second kappa shape index (κ2) is 5.30. The van der Waals surface area contributed by atoms with Crippen LogP contribution in [0.2, 0.25) is 0 Å². The van der Waals surface area contributed by atoms with E-state index in [1.165, 1.54) is 11.8 Å².